The van der Waals surface area contributed by atoms with Gasteiger partial charge in [-0.05, 0) is 43.5 Å². The zero-order chi connectivity index (χ0) is 20.5. The lowest BCUT2D eigenvalue weighted by Gasteiger charge is -2.14. The molecule has 4 heterocycles. The fraction of sp³-hybridized carbons (Fsp3) is 0.286. The van der Waals surface area contributed by atoms with Crippen molar-refractivity contribution in [2.45, 2.75) is 31.3 Å². The monoisotopic (exact) mass is 402 g/mol. The molecule has 4 aromatic heterocycles. The first-order valence-electron chi connectivity index (χ1n) is 9.97. The van der Waals surface area contributed by atoms with Gasteiger partial charge >= 0.3 is 0 Å². The van der Waals surface area contributed by atoms with Crippen LogP contribution < -0.4 is 16.2 Å². The van der Waals surface area contributed by atoms with Crippen molar-refractivity contribution in [2.75, 3.05) is 10.6 Å². The van der Waals surface area contributed by atoms with E-state index in [2.05, 4.69) is 35.6 Å². The fourth-order valence-corrected chi connectivity index (χ4v) is 3.89. The first kappa shape index (κ1) is 18.3. The highest BCUT2D eigenvalue weighted by Crippen LogP contribution is 2.25. The van der Waals surface area contributed by atoms with E-state index in [1.165, 1.54) is 4.57 Å². The molecule has 5 rings (SSSR count). The summed E-state index contributed by atoms with van der Waals surface area (Å²) in [6, 6.07) is 8.03. The SMILES string of the molecule is Cn1cccc(-c2cnc(N[C@H]3CC[C@H](Nc4nc5cccnc5[nH]4)C3)cn2)c1=O. The van der Waals surface area contributed by atoms with Gasteiger partial charge in [0.15, 0.2) is 5.65 Å². The van der Waals surface area contributed by atoms with Crippen LogP contribution in [0, 0.1) is 0 Å². The molecule has 3 N–H and O–H groups in total. The molecule has 0 spiro atoms. The van der Waals surface area contributed by atoms with Crippen LogP contribution in [0.3, 0.4) is 0 Å². The summed E-state index contributed by atoms with van der Waals surface area (Å²) in [4.78, 5) is 33.2. The summed E-state index contributed by atoms with van der Waals surface area (Å²) in [6.45, 7) is 0. The molecule has 4 aromatic rings. The van der Waals surface area contributed by atoms with Gasteiger partial charge in [-0.3, -0.25) is 9.78 Å². The molecule has 1 fully saturated rings. The summed E-state index contributed by atoms with van der Waals surface area (Å²) < 4.78 is 1.53. The summed E-state index contributed by atoms with van der Waals surface area (Å²) in [5.74, 6) is 1.47. The summed E-state index contributed by atoms with van der Waals surface area (Å²) in [5.41, 5.74) is 2.68. The van der Waals surface area contributed by atoms with Crippen molar-refractivity contribution in [2.24, 2.45) is 7.05 Å². The Kier molecular flexibility index (Phi) is 4.62. The van der Waals surface area contributed by atoms with Gasteiger partial charge < -0.3 is 20.2 Å². The molecule has 9 nitrogen and oxygen atoms in total. The highest BCUT2D eigenvalue weighted by molar-refractivity contribution is 5.72. The number of anilines is 2. The van der Waals surface area contributed by atoms with Crippen LogP contribution in [0.4, 0.5) is 11.8 Å². The third kappa shape index (κ3) is 3.61. The molecular weight excluding hydrogens is 380 g/mol. The molecule has 0 saturated heterocycles. The first-order valence-corrected chi connectivity index (χ1v) is 9.97. The Morgan fingerprint density at radius 1 is 1.07 bits per heavy atom. The number of imidazole rings is 1. The minimum Gasteiger partial charge on any atom is -0.366 e. The third-order valence-corrected chi connectivity index (χ3v) is 5.43. The van der Waals surface area contributed by atoms with Crippen LogP contribution in [0.15, 0.2) is 53.8 Å². The van der Waals surface area contributed by atoms with E-state index >= 15 is 0 Å². The summed E-state index contributed by atoms with van der Waals surface area (Å²) in [7, 11) is 1.72. The van der Waals surface area contributed by atoms with Crippen LogP contribution in [0.25, 0.3) is 22.4 Å². The normalized spacial score (nSPS) is 18.6. The van der Waals surface area contributed by atoms with Crippen molar-refractivity contribution in [3.8, 4) is 11.3 Å². The van der Waals surface area contributed by atoms with Crippen molar-refractivity contribution < 1.29 is 0 Å². The molecule has 1 aliphatic carbocycles. The van der Waals surface area contributed by atoms with Crippen molar-refractivity contribution >= 4 is 22.9 Å². The molecule has 1 saturated carbocycles. The zero-order valence-electron chi connectivity index (χ0n) is 16.5. The lowest BCUT2D eigenvalue weighted by atomic mass is 10.2. The largest absolute Gasteiger partial charge is 0.366 e. The number of hydrogen-bond acceptors (Lipinski definition) is 7. The van der Waals surface area contributed by atoms with Crippen LogP contribution in [0.2, 0.25) is 0 Å². The third-order valence-electron chi connectivity index (χ3n) is 5.43. The Morgan fingerprint density at radius 3 is 2.73 bits per heavy atom. The van der Waals surface area contributed by atoms with Crippen LogP contribution in [-0.4, -0.2) is 41.6 Å². The van der Waals surface area contributed by atoms with Gasteiger partial charge in [-0.15, -0.1) is 0 Å². The molecular formula is C21H22N8O. The molecule has 30 heavy (non-hydrogen) atoms. The van der Waals surface area contributed by atoms with Crippen molar-refractivity contribution in [3.63, 3.8) is 0 Å². The van der Waals surface area contributed by atoms with Gasteiger partial charge in [-0.25, -0.2) is 15.0 Å². The van der Waals surface area contributed by atoms with E-state index in [1.54, 1.807) is 37.9 Å². The smallest absolute Gasteiger partial charge is 0.259 e. The van der Waals surface area contributed by atoms with Crippen molar-refractivity contribution in [3.05, 3.63) is 59.4 Å². The fourth-order valence-electron chi connectivity index (χ4n) is 3.89. The predicted molar refractivity (Wildman–Crippen MR) is 115 cm³/mol. The molecule has 0 amide bonds. The number of hydrogen-bond donors (Lipinski definition) is 3. The van der Waals surface area contributed by atoms with Gasteiger partial charge in [0.2, 0.25) is 5.95 Å². The van der Waals surface area contributed by atoms with Gasteiger partial charge in [-0.1, -0.05) is 0 Å². The summed E-state index contributed by atoms with van der Waals surface area (Å²) >= 11 is 0. The van der Waals surface area contributed by atoms with E-state index in [0.717, 1.165) is 36.4 Å². The van der Waals surface area contributed by atoms with E-state index in [9.17, 15) is 4.79 Å². The van der Waals surface area contributed by atoms with E-state index in [-0.39, 0.29) is 5.56 Å². The van der Waals surface area contributed by atoms with Crippen LogP contribution in [-0.2, 0) is 7.05 Å². The zero-order valence-corrected chi connectivity index (χ0v) is 16.5. The first-order chi connectivity index (χ1) is 14.7. The number of H-pyrrole nitrogens is 1. The average Bonchev–Trinajstić information content (AvgIpc) is 3.37. The van der Waals surface area contributed by atoms with Gasteiger partial charge in [0.05, 0.1) is 23.7 Å². The second-order valence-corrected chi connectivity index (χ2v) is 7.58. The number of aryl methyl sites for hydroxylation is 1. The Bertz CT molecular complexity index is 1200. The minimum absolute atomic E-state index is 0.0852. The highest BCUT2D eigenvalue weighted by atomic mass is 16.1. The number of pyridine rings is 2. The number of rotatable bonds is 5. The number of nitrogens with zero attached hydrogens (tertiary/aromatic N) is 5. The molecule has 1 aliphatic rings. The molecule has 152 valence electrons. The van der Waals surface area contributed by atoms with Crippen molar-refractivity contribution in [1.29, 1.82) is 0 Å². The van der Waals surface area contributed by atoms with E-state index in [0.29, 0.717) is 29.2 Å². The number of fused-ring (bicyclic) bond motifs is 1. The maximum absolute atomic E-state index is 12.2. The number of aromatic nitrogens is 6. The topological polar surface area (TPSA) is 113 Å². The molecule has 0 unspecified atom stereocenters. The van der Waals surface area contributed by atoms with Crippen LogP contribution in [0.5, 0.6) is 0 Å². The maximum Gasteiger partial charge on any atom is 0.259 e. The summed E-state index contributed by atoms with van der Waals surface area (Å²) in [5, 5.41) is 6.92. The highest BCUT2D eigenvalue weighted by Gasteiger charge is 2.25. The lowest BCUT2D eigenvalue weighted by molar-refractivity contribution is 0.718. The molecule has 0 bridgehead atoms. The molecule has 0 aliphatic heterocycles. The quantitative estimate of drug-likeness (QED) is 0.470. The van der Waals surface area contributed by atoms with E-state index < -0.39 is 0 Å². The molecule has 2 atom stereocenters. The maximum atomic E-state index is 12.2. The Hall–Kier alpha value is -3.75. The standard InChI is InChI=1S/C21H22N8O/c1-29-9-3-4-15(20(29)30)17-11-24-18(12-23-17)25-13-6-7-14(10-13)26-21-27-16-5-2-8-22-19(16)28-21/h2-5,8-9,11-14H,6-7,10H2,1H3,(H,24,25)(H2,22,26,27,28)/t13-,14-/m0/s1. The number of aromatic amines is 1. The Morgan fingerprint density at radius 2 is 1.93 bits per heavy atom. The van der Waals surface area contributed by atoms with Crippen LogP contribution >= 0.6 is 0 Å². The second kappa shape index (κ2) is 7.58. The average molecular weight is 402 g/mol. The Balaban J connectivity index is 1.21. The summed E-state index contributed by atoms with van der Waals surface area (Å²) in [6.07, 6.45) is 9.82. The van der Waals surface area contributed by atoms with Gasteiger partial charge in [0.25, 0.3) is 5.56 Å². The van der Waals surface area contributed by atoms with E-state index in [4.69, 9.17) is 0 Å². The van der Waals surface area contributed by atoms with Crippen molar-refractivity contribution in [1.82, 2.24) is 29.5 Å². The second-order valence-electron chi connectivity index (χ2n) is 7.58. The molecule has 0 radical (unpaired) electrons. The molecule has 0 aromatic carbocycles. The predicted octanol–water partition coefficient (Wildman–Crippen LogP) is 2.56. The van der Waals surface area contributed by atoms with E-state index in [1.807, 2.05) is 18.2 Å². The Labute approximate surface area is 172 Å². The van der Waals surface area contributed by atoms with Gasteiger partial charge in [-0.2, -0.15) is 0 Å². The number of nitrogens with one attached hydrogen (secondary N) is 3. The minimum atomic E-state index is -0.0852. The van der Waals surface area contributed by atoms with Gasteiger partial charge in [0, 0.05) is 31.5 Å². The van der Waals surface area contributed by atoms with Gasteiger partial charge in [0.1, 0.15) is 11.3 Å². The van der Waals surface area contributed by atoms with Crippen LogP contribution in [0.1, 0.15) is 19.3 Å². The molecule has 9 heteroatoms. The lowest BCUT2D eigenvalue weighted by Crippen LogP contribution is -2.21.